The van der Waals surface area contributed by atoms with Crippen LogP contribution in [-0.4, -0.2) is 32.8 Å². The average Bonchev–Trinajstić information content (AvgIpc) is 3.19. The highest BCUT2D eigenvalue weighted by molar-refractivity contribution is 5.79. The van der Waals surface area contributed by atoms with Crippen molar-refractivity contribution in [3.63, 3.8) is 0 Å². The summed E-state index contributed by atoms with van der Waals surface area (Å²) in [4.78, 5) is 30.6. The molecule has 0 fully saturated rings. The molecule has 9 nitrogen and oxygen atoms in total. The molecular weight excluding hydrogens is 474 g/mol. The third-order valence-electron chi connectivity index (χ3n) is 6.47. The van der Waals surface area contributed by atoms with E-state index in [2.05, 4.69) is 5.32 Å². The molecule has 9 heteroatoms. The lowest BCUT2D eigenvalue weighted by Gasteiger charge is -2.24. The minimum atomic E-state index is -0.824. The van der Waals surface area contributed by atoms with E-state index in [4.69, 9.17) is 14.1 Å². The van der Waals surface area contributed by atoms with E-state index in [0.717, 1.165) is 16.9 Å². The summed E-state index contributed by atoms with van der Waals surface area (Å²) >= 11 is 0. The summed E-state index contributed by atoms with van der Waals surface area (Å²) in [7, 11) is 3.33. The van der Waals surface area contributed by atoms with E-state index in [-0.39, 0.29) is 35.5 Å². The highest BCUT2D eigenvalue weighted by Gasteiger charge is 2.29. The van der Waals surface area contributed by atoms with Gasteiger partial charge in [0, 0.05) is 19.5 Å². The van der Waals surface area contributed by atoms with E-state index < -0.39 is 23.1 Å². The van der Waals surface area contributed by atoms with E-state index in [1.54, 1.807) is 19.1 Å². The number of para-hydroxylation sites is 2. The summed E-state index contributed by atoms with van der Waals surface area (Å²) in [6, 6.07) is 13.1. The molecule has 2 heterocycles. The lowest BCUT2D eigenvalue weighted by atomic mass is 9.91. The summed E-state index contributed by atoms with van der Waals surface area (Å²) in [5.41, 5.74) is 1.71. The predicted octanol–water partition coefficient (Wildman–Crippen LogP) is 4.29. The SMILES string of the molecule is COc1cc(C(CC(=O)NC(c2nc3ccccc3n2C)C(C)C)c2oc(C)cc(=O)c2O)ccc1O. The van der Waals surface area contributed by atoms with Gasteiger partial charge in [0.15, 0.2) is 17.3 Å². The molecule has 2 aromatic carbocycles. The Balaban J connectivity index is 1.72. The number of phenols is 1. The van der Waals surface area contributed by atoms with Gasteiger partial charge in [-0.05, 0) is 42.7 Å². The van der Waals surface area contributed by atoms with Crippen molar-refractivity contribution >= 4 is 16.9 Å². The third kappa shape index (κ3) is 5.16. The number of aromatic hydroxyl groups is 2. The van der Waals surface area contributed by atoms with Crippen LogP contribution in [0.5, 0.6) is 17.2 Å². The molecule has 4 rings (SSSR count). The van der Waals surface area contributed by atoms with Crippen LogP contribution in [0, 0.1) is 12.8 Å². The number of phenolic OH excluding ortho intramolecular Hbond substituents is 1. The van der Waals surface area contributed by atoms with Crippen molar-refractivity contribution in [1.29, 1.82) is 0 Å². The Hall–Kier alpha value is -4.27. The summed E-state index contributed by atoms with van der Waals surface area (Å²) in [6.45, 7) is 5.59. The second kappa shape index (κ2) is 10.4. The highest BCUT2D eigenvalue weighted by Crippen LogP contribution is 2.37. The van der Waals surface area contributed by atoms with Gasteiger partial charge in [0.1, 0.15) is 11.6 Å². The Morgan fingerprint density at radius 1 is 1.16 bits per heavy atom. The van der Waals surface area contributed by atoms with Crippen LogP contribution in [0.25, 0.3) is 11.0 Å². The van der Waals surface area contributed by atoms with Crippen molar-refractivity contribution in [2.45, 2.75) is 39.2 Å². The van der Waals surface area contributed by atoms with E-state index in [9.17, 15) is 19.8 Å². The second-order valence-corrected chi connectivity index (χ2v) is 9.43. The molecule has 0 radical (unpaired) electrons. The monoisotopic (exact) mass is 505 g/mol. The van der Waals surface area contributed by atoms with E-state index in [0.29, 0.717) is 11.3 Å². The van der Waals surface area contributed by atoms with Gasteiger partial charge in [-0.2, -0.15) is 0 Å². The number of aromatic nitrogens is 2. The average molecular weight is 506 g/mol. The highest BCUT2D eigenvalue weighted by atomic mass is 16.5. The first-order chi connectivity index (χ1) is 17.6. The molecule has 2 atom stereocenters. The standard InChI is InChI=1S/C28H31N3O6/c1-15(2)25(28-29-19-8-6-7-9-20(19)31(28)4)30-24(34)14-18(17-10-11-21(32)23(13-17)36-5)27-26(35)22(33)12-16(3)37-27/h6-13,15,18,25,32,35H,14H2,1-5H3,(H,30,34). The minimum Gasteiger partial charge on any atom is -0.504 e. The molecule has 194 valence electrons. The molecule has 2 unspecified atom stereocenters. The first kappa shape index (κ1) is 25.8. The topological polar surface area (TPSA) is 127 Å². The number of fused-ring (bicyclic) bond motifs is 1. The fraction of sp³-hybridized carbons (Fsp3) is 0.321. The van der Waals surface area contributed by atoms with Crippen LogP contribution < -0.4 is 15.5 Å². The molecule has 4 aromatic rings. The third-order valence-corrected chi connectivity index (χ3v) is 6.47. The number of hydrogen-bond donors (Lipinski definition) is 3. The Labute approximate surface area is 214 Å². The number of amides is 1. The largest absolute Gasteiger partial charge is 0.504 e. The minimum absolute atomic E-state index is 0.0250. The second-order valence-electron chi connectivity index (χ2n) is 9.43. The number of nitrogens with zero attached hydrogens (tertiary/aromatic N) is 2. The van der Waals surface area contributed by atoms with Crippen molar-refractivity contribution in [3.05, 3.63) is 81.7 Å². The lowest BCUT2D eigenvalue weighted by molar-refractivity contribution is -0.122. The Morgan fingerprint density at radius 2 is 1.89 bits per heavy atom. The molecule has 0 aliphatic rings. The number of nitrogens with one attached hydrogen (secondary N) is 1. The summed E-state index contributed by atoms with van der Waals surface area (Å²) in [5, 5.41) is 23.7. The Kier molecular flexibility index (Phi) is 7.24. The number of rotatable bonds is 8. The molecule has 0 bridgehead atoms. The van der Waals surface area contributed by atoms with Crippen LogP contribution >= 0.6 is 0 Å². The zero-order chi connectivity index (χ0) is 26.9. The van der Waals surface area contributed by atoms with Gasteiger partial charge in [0.2, 0.25) is 17.1 Å². The van der Waals surface area contributed by atoms with Gasteiger partial charge < -0.3 is 29.3 Å². The van der Waals surface area contributed by atoms with Gasteiger partial charge in [-0.3, -0.25) is 9.59 Å². The molecule has 3 N–H and O–H groups in total. The van der Waals surface area contributed by atoms with Crippen molar-refractivity contribution in [3.8, 4) is 17.2 Å². The number of benzene rings is 2. The van der Waals surface area contributed by atoms with Crippen LogP contribution in [0.2, 0.25) is 0 Å². The quantitative estimate of drug-likeness (QED) is 0.326. The number of imidazole rings is 1. The molecule has 0 aliphatic carbocycles. The van der Waals surface area contributed by atoms with Gasteiger partial charge >= 0.3 is 0 Å². The first-order valence-electron chi connectivity index (χ1n) is 12.0. The number of carbonyl (C=O) groups is 1. The molecule has 0 saturated heterocycles. The Morgan fingerprint density at radius 3 is 2.57 bits per heavy atom. The maximum absolute atomic E-state index is 13.5. The van der Waals surface area contributed by atoms with Crippen LogP contribution in [0.3, 0.4) is 0 Å². The molecule has 0 spiro atoms. The molecule has 37 heavy (non-hydrogen) atoms. The van der Waals surface area contributed by atoms with Crippen molar-refractivity contribution in [2.75, 3.05) is 7.11 Å². The molecular formula is C28H31N3O6. The zero-order valence-electron chi connectivity index (χ0n) is 21.5. The molecule has 0 aliphatic heterocycles. The summed E-state index contributed by atoms with van der Waals surface area (Å²) in [6.07, 6.45) is -0.138. The number of carbonyl (C=O) groups excluding carboxylic acids is 1. The maximum Gasteiger partial charge on any atom is 0.227 e. The Bertz CT molecular complexity index is 1500. The van der Waals surface area contributed by atoms with E-state index in [1.165, 1.54) is 19.2 Å². The van der Waals surface area contributed by atoms with Crippen molar-refractivity contribution in [2.24, 2.45) is 13.0 Å². The number of ether oxygens (including phenoxy) is 1. The fourth-order valence-electron chi connectivity index (χ4n) is 4.52. The van der Waals surface area contributed by atoms with Gasteiger partial charge in [-0.1, -0.05) is 32.0 Å². The molecule has 0 saturated carbocycles. The molecule has 1 amide bonds. The van der Waals surface area contributed by atoms with Gasteiger partial charge in [0.05, 0.1) is 30.1 Å². The van der Waals surface area contributed by atoms with Gasteiger partial charge in [-0.15, -0.1) is 0 Å². The zero-order valence-corrected chi connectivity index (χ0v) is 21.5. The van der Waals surface area contributed by atoms with Crippen LogP contribution in [0.4, 0.5) is 0 Å². The number of methoxy groups -OCH3 is 1. The van der Waals surface area contributed by atoms with Crippen LogP contribution in [0.1, 0.15) is 55.1 Å². The summed E-state index contributed by atoms with van der Waals surface area (Å²) < 4.78 is 13.0. The normalized spacial score (nSPS) is 13.0. The first-order valence-corrected chi connectivity index (χ1v) is 12.0. The van der Waals surface area contributed by atoms with Crippen molar-refractivity contribution in [1.82, 2.24) is 14.9 Å². The van der Waals surface area contributed by atoms with E-state index >= 15 is 0 Å². The summed E-state index contributed by atoms with van der Waals surface area (Å²) in [5.74, 6) is -0.587. The molecule has 2 aromatic heterocycles. The van der Waals surface area contributed by atoms with Crippen LogP contribution in [0.15, 0.2) is 57.7 Å². The number of aryl methyl sites for hydroxylation is 2. The predicted molar refractivity (Wildman–Crippen MR) is 139 cm³/mol. The maximum atomic E-state index is 13.5. The van der Waals surface area contributed by atoms with Gasteiger partial charge in [0.25, 0.3) is 0 Å². The number of hydrogen-bond acceptors (Lipinski definition) is 7. The fourth-order valence-corrected chi connectivity index (χ4v) is 4.52. The van der Waals surface area contributed by atoms with Gasteiger partial charge in [-0.25, -0.2) is 4.98 Å². The smallest absolute Gasteiger partial charge is 0.227 e. The lowest BCUT2D eigenvalue weighted by Crippen LogP contribution is -2.34. The van der Waals surface area contributed by atoms with Crippen LogP contribution in [-0.2, 0) is 11.8 Å². The van der Waals surface area contributed by atoms with Crippen molar-refractivity contribution < 1.29 is 24.2 Å². The van der Waals surface area contributed by atoms with E-state index in [1.807, 2.05) is 49.7 Å².